The Morgan fingerprint density at radius 3 is 2.83 bits per heavy atom. The van der Waals surface area contributed by atoms with Gasteiger partial charge < -0.3 is 24.7 Å². The van der Waals surface area contributed by atoms with Crippen LogP contribution in [0.2, 0.25) is 0 Å². The van der Waals surface area contributed by atoms with Crippen LogP contribution in [0.25, 0.3) is 0 Å². The van der Waals surface area contributed by atoms with Crippen molar-refractivity contribution in [2.45, 2.75) is 33.4 Å². The van der Waals surface area contributed by atoms with Crippen LogP contribution >= 0.6 is 0 Å². The van der Waals surface area contributed by atoms with Crippen LogP contribution < -0.4 is 10.6 Å². The zero-order chi connectivity index (χ0) is 16.9. The second-order valence-electron chi connectivity index (χ2n) is 5.70. The third-order valence-corrected chi connectivity index (χ3v) is 3.19. The van der Waals surface area contributed by atoms with E-state index in [0.29, 0.717) is 32.3 Å². The molecule has 0 saturated carbocycles. The Balaban J connectivity index is 2.23. The number of aliphatic imine (C=N–C) groups is 1. The maximum atomic E-state index is 5.42. The molecule has 1 heterocycles. The Labute approximate surface area is 139 Å². The zero-order valence-corrected chi connectivity index (χ0v) is 14.8. The normalized spacial score (nSPS) is 12.0. The van der Waals surface area contributed by atoms with Crippen molar-refractivity contribution in [2.24, 2.45) is 10.9 Å². The van der Waals surface area contributed by atoms with Crippen LogP contribution in [0.1, 0.15) is 26.1 Å². The van der Waals surface area contributed by atoms with E-state index in [1.807, 2.05) is 12.4 Å². The van der Waals surface area contributed by atoms with Gasteiger partial charge in [0.1, 0.15) is 5.82 Å². The van der Waals surface area contributed by atoms with E-state index in [1.165, 1.54) is 0 Å². The van der Waals surface area contributed by atoms with Crippen LogP contribution in [0, 0.1) is 5.92 Å². The van der Waals surface area contributed by atoms with Crippen LogP contribution in [-0.2, 0) is 22.6 Å². The summed E-state index contributed by atoms with van der Waals surface area (Å²) < 4.78 is 12.5. The highest BCUT2D eigenvalue weighted by Gasteiger charge is 2.05. The molecule has 23 heavy (non-hydrogen) atoms. The van der Waals surface area contributed by atoms with Gasteiger partial charge in [-0.15, -0.1) is 0 Å². The van der Waals surface area contributed by atoms with Crippen LogP contribution in [0.4, 0.5) is 0 Å². The standard InChI is InChI=1S/C16H31N5O2/c1-14(2)13-21-8-7-18-15(21)12-20-16(17-3)19-6-5-9-23-11-10-22-4/h7-8,14H,5-6,9-13H2,1-4H3,(H2,17,19,20). The van der Waals surface area contributed by atoms with Crippen molar-refractivity contribution in [3.8, 4) is 0 Å². The molecule has 0 aliphatic rings. The number of guanidine groups is 1. The Bertz CT molecular complexity index is 445. The number of methoxy groups -OCH3 is 1. The van der Waals surface area contributed by atoms with E-state index in [4.69, 9.17) is 9.47 Å². The summed E-state index contributed by atoms with van der Waals surface area (Å²) in [6.45, 7) is 8.84. The van der Waals surface area contributed by atoms with E-state index in [2.05, 4.69) is 39.0 Å². The van der Waals surface area contributed by atoms with E-state index < -0.39 is 0 Å². The fourth-order valence-corrected chi connectivity index (χ4v) is 2.08. The lowest BCUT2D eigenvalue weighted by Gasteiger charge is -2.14. The molecule has 1 aromatic rings. The number of ether oxygens (including phenoxy) is 2. The molecule has 1 aromatic heterocycles. The second-order valence-corrected chi connectivity index (χ2v) is 5.70. The molecule has 2 N–H and O–H groups in total. The van der Waals surface area contributed by atoms with Gasteiger partial charge in [0.05, 0.1) is 19.8 Å². The lowest BCUT2D eigenvalue weighted by atomic mass is 10.2. The number of hydrogen-bond acceptors (Lipinski definition) is 4. The first kappa shape index (κ1) is 19.4. The van der Waals surface area contributed by atoms with E-state index in [1.54, 1.807) is 14.2 Å². The quantitative estimate of drug-likeness (QED) is 0.364. The van der Waals surface area contributed by atoms with Crippen LogP contribution in [0.5, 0.6) is 0 Å². The van der Waals surface area contributed by atoms with Crippen molar-refractivity contribution in [1.82, 2.24) is 20.2 Å². The van der Waals surface area contributed by atoms with Gasteiger partial charge in [-0.25, -0.2) is 4.98 Å². The SMILES string of the molecule is CN=C(NCCCOCCOC)NCc1nccn1CC(C)C. The molecule has 0 spiro atoms. The molecule has 7 nitrogen and oxygen atoms in total. The Hall–Kier alpha value is -1.60. The summed E-state index contributed by atoms with van der Waals surface area (Å²) in [4.78, 5) is 8.62. The number of rotatable bonds is 11. The first-order valence-electron chi connectivity index (χ1n) is 8.18. The molecule has 0 aliphatic heterocycles. The molecule has 0 aliphatic carbocycles. The number of aromatic nitrogens is 2. The van der Waals surface area contributed by atoms with Crippen molar-refractivity contribution >= 4 is 5.96 Å². The fourth-order valence-electron chi connectivity index (χ4n) is 2.08. The minimum Gasteiger partial charge on any atom is -0.382 e. The van der Waals surface area contributed by atoms with Crippen molar-refractivity contribution < 1.29 is 9.47 Å². The molecule has 0 bridgehead atoms. The number of hydrogen-bond donors (Lipinski definition) is 2. The summed E-state index contributed by atoms with van der Waals surface area (Å²) in [5.74, 6) is 2.39. The highest BCUT2D eigenvalue weighted by atomic mass is 16.5. The maximum absolute atomic E-state index is 5.42. The molecule has 7 heteroatoms. The van der Waals surface area contributed by atoms with Gasteiger partial charge in [-0.3, -0.25) is 4.99 Å². The highest BCUT2D eigenvalue weighted by Crippen LogP contribution is 2.03. The molecule has 0 aromatic carbocycles. The average Bonchev–Trinajstić information content (AvgIpc) is 2.95. The van der Waals surface area contributed by atoms with Gasteiger partial charge in [-0.2, -0.15) is 0 Å². The van der Waals surface area contributed by atoms with Crippen LogP contribution in [-0.4, -0.2) is 56.0 Å². The number of nitrogens with one attached hydrogen (secondary N) is 2. The number of imidazole rings is 1. The van der Waals surface area contributed by atoms with Gasteiger partial charge in [0.25, 0.3) is 0 Å². The predicted molar refractivity (Wildman–Crippen MR) is 92.6 cm³/mol. The lowest BCUT2D eigenvalue weighted by molar-refractivity contribution is 0.0698. The van der Waals surface area contributed by atoms with Gasteiger partial charge in [0.2, 0.25) is 0 Å². The molecule has 0 unspecified atom stereocenters. The van der Waals surface area contributed by atoms with Crippen molar-refractivity contribution in [3.05, 3.63) is 18.2 Å². The topological polar surface area (TPSA) is 72.7 Å². The Kier molecular flexibility index (Phi) is 10.1. The molecule has 0 amide bonds. The molecule has 0 radical (unpaired) electrons. The Morgan fingerprint density at radius 2 is 2.13 bits per heavy atom. The minimum atomic E-state index is 0.596. The van der Waals surface area contributed by atoms with Gasteiger partial charge in [-0.05, 0) is 12.3 Å². The summed E-state index contributed by atoms with van der Waals surface area (Å²) in [6, 6.07) is 0. The monoisotopic (exact) mass is 325 g/mol. The zero-order valence-electron chi connectivity index (χ0n) is 14.8. The number of nitrogens with zero attached hydrogens (tertiary/aromatic N) is 3. The molecule has 0 atom stereocenters. The second kappa shape index (κ2) is 11.9. The van der Waals surface area contributed by atoms with Crippen molar-refractivity contribution in [2.75, 3.05) is 40.5 Å². The third-order valence-electron chi connectivity index (χ3n) is 3.19. The van der Waals surface area contributed by atoms with E-state index >= 15 is 0 Å². The van der Waals surface area contributed by atoms with Crippen LogP contribution in [0.15, 0.2) is 17.4 Å². The third kappa shape index (κ3) is 8.56. The van der Waals surface area contributed by atoms with E-state index in [0.717, 1.165) is 31.3 Å². The van der Waals surface area contributed by atoms with Gasteiger partial charge in [-0.1, -0.05) is 13.8 Å². The Morgan fingerprint density at radius 1 is 1.30 bits per heavy atom. The summed E-state index contributed by atoms with van der Waals surface area (Å²) in [5, 5.41) is 6.57. The molecule has 132 valence electrons. The summed E-state index contributed by atoms with van der Waals surface area (Å²) >= 11 is 0. The van der Waals surface area contributed by atoms with Gasteiger partial charge >= 0.3 is 0 Å². The maximum Gasteiger partial charge on any atom is 0.191 e. The smallest absolute Gasteiger partial charge is 0.191 e. The lowest BCUT2D eigenvalue weighted by Crippen LogP contribution is -2.38. The molecular formula is C16H31N5O2. The minimum absolute atomic E-state index is 0.596. The first-order chi connectivity index (χ1) is 11.2. The average molecular weight is 325 g/mol. The highest BCUT2D eigenvalue weighted by molar-refractivity contribution is 5.79. The van der Waals surface area contributed by atoms with Gasteiger partial charge in [0, 0.05) is 46.2 Å². The van der Waals surface area contributed by atoms with Crippen molar-refractivity contribution in [3.63, 3.8) is 0 Å². The predicted octanol–water partition coefficient (Wildman–Crippen LogP) is 1.26. The van der Waals surface area contributed by atoms with Crippen molar-refractivity contribution in [1.29, 1.82) is 0 Å². The molecule has 0 fully saturated rings. The summed E-state index contributed by atoms with van der Waals surface area (Å²) in [6.07, 6.45) is 4.78. The summed E-state index contributed by atoms with van der Waals surface area (Å²) in [5.41, 5.74) is 0. The van der Waals surface area contributed by atoms with Gasteiger partial charge in [0.15, 0.2) is 5.96 Å². The largest absolute Gasteiger partial charge is 0.382 e. The fraction of sp³-hybridized carbons (Fsp3) is 0.750. The summed E-state index contributed by atoms with van der Waals surface area (Å²) in [7, 11) is 3.44. The molecular weight excluding hydrogens is 294 g/mol. The van der Waals surface area contributed by atoms with E-state index in [-0.39, 0.29) is 0 Å². The first-order valence-corrected chi connectivity index (χ1v) is 8.18. The molecule has 1 rings (SSSR count). The van der Waals surface area contributed by atoms with Crippen LogP contribution in [0.3, 0.4) is 0 Å². The van der Waals surface area contributed by atoms with E-state index in [9.17, 15) is 0 Å². The molecule has 0 saturated heterocycles.